The van der Waals surface area contributed by atoms with Crippen LogP contribution in [0.15, 0.2) is 29.2 Å². The molecule has 0 aliphatic carbocycles. The molecule has 2 nitrogen and oxygen atoms in total. The van der Waals surface area contributed by atoms with Crippen LogP contribution >= 0.6 is 0 Å². The summed E-state index contributed by atoms with van der Waals surface area (Å²) in [5.41, 5.74) is 1.03. The van der Waals surface area contributed by atoms with Gasteiger partial charge in [0.1, 0.15) is 0 Å². The highest BCUT2D eigenvalue weighted by Gasteiger charge is 2.13. The van der Waals surface area contributed by atoms with Crippen LogP contribution in [-0.4, -0.2) is 16.5 Å². The van der Waals surface area contributed by atoms with E-state index in [1.54, 1.807) is 0 Å². The van der Waals surface area contributed by atoms with Crippen molar-refractivity contribution in [3.05, 3.63) is 24.3 Å². The molecule has 14 heavy (non-hydrogen) atoms. The van der Waals surface area contributed by atoms with E-state index in [4.69, 9.17) is 0 Å². The maximum atomic E-state index is 11.4. The first-order valence-corrected chi connectivity index (χ1v) is 6.32. The largest absolute Gasteiger partial charge is 0.383 e. The van der Waals surface area contributed by atoms with Crippen molar-refractivity contribution in [2.45, 2.75) is 25.2 Å². The molecular formula is C11H17NOS. The molecule has 0 saturated carbocycles. The number of rotatable bonds is 0. The Morgan fingerprint density at radius 3 is 2.64 bits per heavy atom. The van der Waals surface area contributed by atoms with E-state index in [-0.39, 0.29) is 0 Å². The molecule has 3 heteroatoms. The van der Waals surface area contributed by atoms with Crippen LogP contribution in [-0.2, 0) is 10.8 Å². The number of anilines is 1. The average Bonchev–Trinajstić information content (AvgIpc) is 2.20. The smallest absolute Gasteiger partial charge is 0.0620 e. The molecule has 1 atom stereocenters. The molecule has 0 bridgehead atoms. The third kappa shape index (κ3) is 2.84. The zero-order valence-corrected chi connectivity index (χ0v) is 9.56. The van der Waals surface area contributed by atoms with Crippen molar-refractivity contribution < 1.29 is 4.21 Å². The van der Waals surface area contributed by atoms with Gasteiger partial charge in [-0.25, -0.2) is 0 Å². The molecule has 0 radical (unpaired) electrons. The lowest BCUT2D eigenvalue weighted by atomic mass is 10.3. The van der Waals surface area contributed by atoms with Gasteiger partial charge in [0.25, 0.3) is 0 Å². The Kier molecular flexibility index (Phi) is 4.66. The standard InChI is InChI=1S/C8H9NOS.C3H8/c10-11-6-5-9-7-3-1-2-4-8(7)11;1-3-2/h1-4,9H,5-6H2;3H2,1-2H3. The lowest BCUT2D eigenvalue weighted by molar-refractivity contribution is 0.682. The van der Waals surface area contributed by atoms with Crippen LogP contribution in [0.25, 0.3) is 0 Å². The molecule has 0 amide bonds. The van der Waals surface area contributed by atoms with Crippen molar-refractivity contribution in [2.75, 3.05) is 17.6 Å². The molecule has 1 aliphatic heterocycles. The maximum Gasteiger partial charge on any atom is 0.0620 e. The van der Waals surface area contributed by atoms with Crippen LogP contribution in [0.4, 0.5) is 5.69 Å². The fraction of sp³-hybridized carbons (Fsp3) is 0.455. The topological polar surface area (TPSA) is 29.1 Å². The van der Waals surface area contributed by atoms with E-state index in [1.807, 2.05) is 24.3 Å². The zero-order valence-electron chi connectivity index (χ0n) is 8.75. The quantitative estimate of drug-likeness (QED) is 0.714. The Morgan fingerprint density at radius 2 is 2.00 bits per heavy atom. The number of hydrogen-bond donors (Lipinski definition) is 1. The van der Waals surface area contributed by atoms with Crippen molar-refractivity contribution in [2.24, 2.45) is 0 Å². The van der Waals surface area contributed by atoms with E-state index >= 15 is 0 Å². The summed E-state index contributed by atoms with van der Waals surface area (Å²) in [7, 11) is -0.778. The second-order valence-corrected chi connectivity index (χ2v) is 4.72. The minimum absolute atomic E-state index is 0.733. The van der Waals surface area contributed by atoms with Crippen molar-refractivity contribution in [1.29, 1.82) is 0 Å². The van der Waals surface area contributed by atoms with E-state index < -0.39 is 10.8 Å². The molecule has 1 unspecified atom stereocenters. The Morgan fingerprint density at radius 1 is 1.36 bits per heavy atom. The summed E-state index contributed by atoms with van der Waals surface area (Å²) in [5.74, 6) is 0.733. The molecular weight excluding hydrogens is 194 g/mol. The summed E-state index contributed by atoms with van der Waals surface area (Å²) in [4.78, 5) is 0.943. The molecule has 1 heterocycles. The fourth-order valence-electron chi connectivity index (χ4n) is 1.20. The SMILES string of the molecule is CCC.O=S1CCNc2ccccc21. The Labute approximate surface area is 88.2 Å². The predicted octanol–water partition coefficient (Wildman–Crippen LogP) is 2.64. The van der Waals surface area contributed by atoms with Gasteiger partial charge in [0.15, 0.2) is 0 Å². The summed E-state index contributed by atoms with van der Waals surface area (Å²) in [6.45, 7) is 5.07. The molecule has 1 N–H and O–H groups in total. The van der Waals surface area contributed by atoms with Gasteiger partial charge in [-0.15, -0.1) is 0 Å². The monoisotopic (exact) mass is 211 g/mol. The Hall–Kier alpha value is -0.830. The van der Waals surface area contributed by atoms with Crippen molar-refractivity contribution >= 4 is 16.5 Å². The number of fused-ring (bicyclic) bond motifs is 1. The summed E-state index contributed by atoms with van der Waals surface area (Å²) in [6, 6.07) is 7.75. The van der Waals surface area contributed by atoms with E-state index in [0.717, 1.165) is 22.9 Å². The first-order chi connectivity index (χ1) is 6.79. The van der Waals surface area contributed by atoms with Crippen molar-refractivity contribution in [1.82, 2.24) is 0 Å². The number of benzene rings is 1. The third-order valence-electron chi connectivity index (χ3n) is 1.74. The van der Waals surface area contributed by atoms with Crippen LogP contribution < -0.4 is 5.32 Å². The molecule has 0 aromatic heterocycles. The molecule has 1 aromatic carbocycles. The van der Waals surface area contributed by atoms with Gasteiger partial charge in [-0.2, -0.15) is 0 Å². The summed E-state index contributed by atoms with van der Waals surface area (Å²) >= 11 is 0. The number of hydrogen-bond acceptors (Lipinski definition) is 2. The Bertz CT molecular complexity index is 312. The molecule has 78 valence electrons. The second kappa shape index (κ2) is 5.81. The highest BCUT2D eigenvalue weighted by atomic mass is 32.2. The van der Waals surface area contributed by atoms with E-state index in [9.17, 15) is 4.21 Å². The van der Waals surface area contributed by atoms with Crippen LogP contribution in [0.3, 0.4) is 0 Å². The van der Waals surface area contributed by atoms with Gasteiger partial charge in [-0.3, -0.25) is 4.21 Å². The molecule has 0 spiro atoms. The van der Waals surface area contributed by atoms with Gasteiger partial charge in [-0.05, 0) is 12.1 Å². The van der Waals surface area contributed by atoms with Gasteiger partial charge in [0, 0.05) is 12.3 Å². The molecule has 1 aromatic rings. The summed E-state index contributed by atoms with van der Waals surface area (Å²) in [6.07, 6.45) is 1.25. The van der Waals surface area contributed by atoms with Crippen LogP contribution in [0.2, 0.25) is 0 Å². The molecule has 0 saturated heterocycles. The number of nitrogens with one attached hydrogen (secondary N) is 1. The third-order valence-corrected chi connectivity index (χ3v) is 3.16. The first-order valence-electron chi connectivity index (χ1n) is 5.00. The lowest BCUT2D eigenvalue weighted by Gasteiger charge is -2.16. The van der Waals surface area contributed by atoms with Crippen molar-refractivity contribution in [3.8, 4) is 0 Å². The minimum Gasteiger partial charge on any atom is -0.383 e. The van der Waals surface area contributed by atoms with Gasteiger partial charge in [0.2, 0.25) is 0 Å². The van der Waals surface area contributed by atoms with Gasteiger partial charge >= 0.3 is 0 Å². The average molecular weight is 211 g/mol. The Balaban J connectivity index is 0.000000293. The normalized spacial score (nSPS) is 18.6. The highest BCUT2D eigenvalue weighted by Crippen LogP contribution is 2.21. The molecule has 0 fully saturated rings. The van der Waals surface area contributed by atoms with E-state index in [1.165, 1.54) is 6.42 Å². The number of para-hydroxylation sites is 1. The lowest BCUT2D eigenvalue weighted by Crippen LogP contribution is -2.18. The summed E-state index contributed by atoms with van der Waals surface area (Å²) < 4.78 is 11.4. The second-order valence-electron chi connectivity index (χ2n) is 3.18. The molecule has 2 rings (SSSR count). The first kappa shape index (κ1) is 11.2. The fourth-order valence-corrected chi connectivity index (χ4v) is 2.32. The van der Waals surface area contributed by atoms with Gasteiger partial charge < -0.3 is 5.32 Å². The molecule has 1 aliphatic rings. The minimum atomic E-state index is -0.778. The summed E-state index contributed by atoms with van der Waals surface area (Å²) in [5, 5.41) is 3.20. The van der Waals surface area contributed by atoms with Gasteiger partial charge in [0.05, 0.1) is 21.4 Å². The van der Waals surface area contributed by atoms with Crippen LogP contribution in [0.5, 0.6) is 0 Å². The van der Waals surface area contributed by atoms with Crippen LogP contribution in [0, 0.1) is 0 Å². The zero-order chi connectivity index (χ0) is 10.4. The maximum absolute atomic E-state index is 11.4. The van der Waals surface area contributed by atoms with E-state index in [0.29, 0.717) is 0 Å². The predicted molar refractivity (Wildman–Crippen MR) is 62.2 cm³/mol. The van der Waals surface area contributed by atoms with Crippen LogP contribution in [0.1, 0.15) is 20.3 Å². The van der Waals surface area contributed by atoms with Crippen molar-refractivity contribution in [3.63, 3.8) is 0 Å². The highest BCUT2D eigenvalue weighted by molar-refractivity contribution is 7.85. The van der Waals surface area contributed by atoms with E-state index in [2.05, 4.69) is 19.2 Å². The van der Waals surface area contributed by atoms with Gasteiger partial charge in [-0.1, -0.05) is 32.4 Å².